The highest BCUT2D eigenvalue weighted by Crippen LogP contribution is 2.07. The summed E-state index contributed by atoms with van der Waals surface area (Å²) in [6.45, 7) is 10.8. The quantitative estimate of drug-likeness (QED) is 0.751. The van der Waals surface area contributed by atoms with Crippen LogP contribution in [-0.2, 0) is 11.3 Å². The van der Waals surface area contributed by atoms with E-state index >= 15 is 0 Å². The Bertz CT molecular complexity index is 333. The molecule has 0 radical (unpaired) electrons. The number of hydrogen-bond donors (Lipinski definition) is 1. The Kier molecular flexibility index (Phi) is 6.01. The molecule has 0 bridgehead atoms. The lowest BCUT2D eigenvalue weighted by atomic mass is 10.2. The van der Waals surface area contributed by atoms with Gasteiger partial charge in [0.2, 0.25) is 5.88 Å². The van der Waals surface area contributed by atoms with Crippen LogP contribution in [0.4, 0.5) is 0 Å². The van der Waals surface area contributed by atoms with Gasteiger partial charge in [0.25, 0.3) is 0 Å². The third kappa shape index (κ3) is 6.51. The van der Waals surface area contributed by atoms with E-state index in [1.54, 1.807) is 12.4 Å². The van der Waals surface area contributed by atoms with E-state index in [1.165, 1.54) is 0 Å². The maximum absolute atomic E-state index is 5.54. The van der Waals surface area contributed by atoms with Gasteiger partial charge in [-0.25, -0.2) is 4.98 Å². The third-order valence-corrected chi connectivity index (χ3v) is 2.11. The van der Waals surface area contributed by atoms with Gasteiger partial charge in [-0.3, -0.25) is 4.98 Å². The summed E-state index contributed by atoms with van der Waals surface area (Å²) >= 11 is 0. The van der Waals surface area contributed by atoms with Crippen molar-refractivity contribution in [3.8, 4) is 5.88 Å². The molecule has 0 saturated carbocycles. The molecule has 0 aliphatic rings. The number of nitrogens with zero attached hydrogens (tertiary/aromatic N) is 2. The van der Waals surface area contributed by atoms with Crippen LogP contribution in [0.25, 0.3) is 0 Å². The predicted molar refractivity (Wildman–Crippen MR) is 70.6 cm³/mol. The van der Waals surface area contributed by atoms with Gasteiger partial charge in [0.05, 0.1) is 30.3 Å². The summed E-state index contributed by atoms with van der Waals surface area (Å²) in [5, 5.41) is 3.19. The predicted octanol–water partition coefficient (Wildman–Crippen LogP) is 1.78. The van der Waals surface area contributed by atoms with E-state index in [2.05, 4.69) is 22.2 Å². The summed E-state index contributed by atoms with van der Waals surface area (Å²) in [4.78, 5) is 8.44. The SMILES string of the molecule is CCNCc1cnc(OCCOC(C)(C)C)cn1. The summed E-state index contributed by atoms with van der Waals surface area (Å²) < 4.78 is 11.0. The number of aromatic nitrogens is 2. The number of ether oxygens (including phenoxy) is 2. The van der Waals surface area contributed by atoms with E-state index in [9.17, 15) is 0 Å². The van der Waals surface area contributed by atoms with Crippen LogP contribution in [0.1, 0.15) is 33.4 Å². The topological polar surface area (TPSA) is 56.3 Å². The molecule has 1 aromatic rings. The Morgan fingerprint density at radius 1 is 1.17 bits per heavy atom. The van der Waals surface area contributed by atoms with Crippen LogP contribution in [0, 0.1) is 0 Å². The molecule has 0 atom stereocenters. The minimum absolute atomic E-state index is 0.134. The molecule has 18 heavy (non-hydrogen) atoms. The Morgan fingerprint density at radius 3 is 2.50 bits per heavy atom. The third-order valence-electron chi connectivity index (χ3n) is 2.11. The fraction of sp³-hybridized carbons (Fsp3) is 0.692. The van der Waals surface area contributed by atoms with E-state index in [4.69, 9.17) is 9.47 Å². The molecule has 0 amide bonds. The van der Waals surface area contributed by atoms with Crippen molar-refractivity contribution in [2.75, 3.05) is 19.8 Å². The van der Waals surface area contributed by atoms with Crippen LogP contribution in [0.2, 0.25) is 0 Å². The van der Waals surface area contributed by atoms with Gasteiger partial charge in [-0.15, -0.1) is 0 Å². The van der Waals surface area contributed by atoms with Crippen LogP contribution in [-0.4, -0.2) is 35.3 Å². The molecule has 1 aromatic heterocycles. The van der Waals surface area contributed by atoms with Crippen molar-refractivity contribution < 1.29 is 9.47 Å². The normalized spacial score (nSPS) is 11.6. The standard InChI is InChI=1S/C13H23N3O2/c1-5-14-8-11-9-16-12(10-15-11)17-6-7-18-13(2,3)4/h9-10,14H,5-8H2,1-4H3. The number of rotatable bonds is 7. The second-order valence-electron chi connectivity index (χ2n) is 4.94. The zero-order valence-electron chi connectivity index (χ0n) is 11.7. The monoisotopic (exact) mass is 253 g/mol. The van der Waals surface area contributed by atoms with Crippen molar-refractivity contribution in [2.24, 2.45) is 0 Å². The minimum atomic E-state index is -0.134. The zero-order chi connectivity index (χ0) is 13.4. The largest absolute Gasteiger partial charge is 0.474 e. The zero-order valence-corrected chi connectivity index (χ0v) is 11.7. The summed E-state index contributed by atoms with van der Waals surface area (Å²) in [5.41, 5.74) is 0.778. The minimum Gasteiger partial charge on any atom is -0.474 e. The van der Waals surface area contributed by atoms with Crippen molar-refractivity contribution in [1.82, 2.24) is 15.3 Å². The highest BCUT2D eigenvalue weighted by molar-refractivity contribution is 5.07. The molecule has 0 spiro atoms. The van der Waals surface area contributed by atoms with Crippen molar-refractivity contribution in [3.63, 3.8) is 0 Å². The van der Waals surface area contributed by atoms with Crippen molar-refractivity contribution in [2.45, 2.75) is 39.8 Å². The summed E-state index contributed by atoms with van der Waals surface area (Å²) in [7, 11) is 0. The first kappa shape index (κ1) is 14.9. The molecule has 5 heteroatoms. The highest BCUT2D eigenvalue weighted by atomic mass is 16.5. The maximum Gasteiger partial charge on any atom is 0.232 e. The van der Waals surface area contributed by atoms with Crippen LogP contribution in [0.3, 0.4) is 0 Å². The molecule has 1 rings (SSSR count). The molecule has 0 aromatic carbocycles. The fourth-order valence-electron chi connectivity index (χ4n) is 1.26. The first-order chi connectivity index (χ1) is 8.51. The van der Waals surface area contributed by atoms with Gasteiger partial charge in [-0.2, -0.15) is 0 Å². The molecule has 0 aliphatic carbocycles. The first-order valence-electron chi connectivity index (χ1n) is 6.29. The maximum atomic E-state index is 5.54. The lowest BCUT2D eigenvalue weighted by Gasteiger charge is -2.19. The smallest absolute Gasteiger partial charge is 0.232 e. The first-order valence-corrected chi connectivity index (χ1v) is 6.29. The van der Waals surface area contributed by atoms with Crippen LogP contribution >= 0.6 is 0 Å². The fourth-order valence-corrected chi connectivity index (χ4v) is 1.26. The Hall–Kier alpha value is -1.20. The summed E-state index contributed by atoms with van der Waals surface area (Å²) in [6, 6.07) is 0. The van der Waals surface area contributed by atoms with E-state index in [0.717, 1.165) is 18.8 Å². The van der Waals surface area contributed by atoms with Crippen molar-refractivity contribution in [1.29, 1.82) is 0 Å². The van der Waals surface area contributed by atoms with Gasteiger partial charge in [-0.05, 0) is 27.3 Å². The molecule has 1 heterocycles. The second kappa shape index (κ2) is 7.28. The van der Waals surface area contributed by atoms with Gasteiger partial charge < -0.3 is 14.8 Å². The molecule has 5 nitrogen and oxygen atoms in total. The lowest BCUT2D eigenvalue weighted by molar-refractivity contribution is -0.0168. The molecule has 0 unspecified atom stereocenters. The molecular weight excluding hydrogens is 230 g/mol. The second-order valence-corrected chi connectivity index (χ2v) is 4.94. The van der Waals surface area contributed by atoms with Gasteiger partial charge in [0.1, 0.15) is 6.61 Å². The Balaban J connectivity index is 2.26. The van der Waals surface area contributed by atoms with Gasteiger partial charge in [0, 0.05) is 6.54 Å². The van der Waals surface area contributed by atoms with Crippen LogP contribution in [0.5, 0.6) is 5.88 Å². The summed E-state index contributed by atoms with van der Waals surface area (Å²) in [6.07, 6.45) is 3.37. The van der Waals surface area contributed by atoms with Gasteiger partial charge >= 0.3 is 0 Å². The molecule has 1 N–H and O–H groups in total. The van der Waals surface area contributed by atoms with Crippen molar-refractivity contribution in [3.05, 3.63) is 18.1 Å². The van der Waals surface area contributed by atoms with E-state index < -0.39 is 0 Å². The van der Waals surface area contributed by atoms with E-state index in [0.29, 0.717) is 19.1 Å². The highest BCUT2D eigenvalue weighted by Gasteiger charge is 2.09. The lowest BCUT2D eigenvalue weighted by Crippen LogP contribution is -2.22. The number of nitrogens with one attached hydrogen (secondary N) is 1. The Morgan fingerprint density at radius 2 is 1.94 bits per heavy atom. The number of hydrogen-bond acceptors (Lipinski definition) is 5. The van der Waals surface area contributed by atoms with Gasteiger partial charge in [0.15, 0.2) is 0 Å². The van der Waals surface area contributed by atoms with Crippen LogP contribution in [0.15, 0.2) is 12.4 Å². The van der Waals surface area contributed by atoms with Crippen molar-refractivity contribution >= 4 is 0 Å². The average Bonchev–Trinajstić information content (AvgIpc) is 2.32. The van der Waals surface area contributed by atoms with Crippen LogP contribution < -0.4 is 10.1 Å². The molecule has 0 fully saturated rings. The molecular formula is C13H23N3O2. The average molecular weight is 253 g/mol. The molecule has 0 saturated heterocycles. The molecule has 102 valence electrons. The van der Waals surface area contributed by atoms with Gasteiger partial charge in [-0.1, -0.05) is 6.92 Å². The van der Waals surface area contributed by atoms with E-state index in [-0.39, 0.29) is 5.60 Å². The molecule has 0 aliphatic heterocycles. The van der Waals surface area contributed by atoms with E-state index in [1.807, 2.05) is 20.8 Å². The Labute approximate surface area is 109 Å². The summed E-state index contributed by atoms with van der Waals surface area (Å²) in [5.74, 6) is 0.535.